The molecule has 1 N–H and O–H groups in total. The summed E-state index contributed by atoms with van der Waals surface area (Å²) in [6, 6.07) is 13.5. The zero-order valence-corrected chi connectivity index (χ0v) is 20.8. The van der Waals surface area contributed by atoms with E-state index in [0.717, 1.165) is 38.0 Å². The van der Waals surface area contributed by atoms with Crippen LogP contribution in [0.2, 0.25) is 0 Å². The summed E-state index contributed by atoms with van der Waals surface area (Å²) >= 11 is 0. The van der Waals surface area contributed by atoms with Crippen molar-refractivity contribution in [2.24, 2.45) is 0 Å². The number of nitrogens with zero attached hydrogens (tertiary/aromatic N) is 3. The van der Waals surface area contributed by atoms with Crippen molar-refractivity contribution in [3.05, 3.63) is 48.0 Å². The molecule has 1 aliphatic rings. The number of amides is 1. The second-order valence-electron chi connectivity index (χ2n) is 8.20. The zero-order chi connectivity index (χ0) is 24.7. The summed E-state index contributed by atoms with van der Waals surface area (Å²) in [5, 5.41) is 11.8. The van der Waals surface area contributed by atoms with Crippen molar-refractivity contribution in [3.8, 4) is 11.8 Å². The van der Waals surface area contributed by atoms with Crippen molar-refractivity contribution in [1.82, 2.24) is 4.31 Å². The average molecular weight is 485 g/mol. The van der Waals surface area contributed by atoms with Gasteiger partial charge in [-0.1, -0.05) is 13.8 Å². The number of anilines is 2. The van der Waals surface area contributed by atoms with E-state index in [4.69, 9.17) is 10.00 Å². The van der Waals surface area contributed by atoms with Gasteiger partial charge in [0.2, 0.25) is 10.0 Å². The monoisotopic (exact) mass is 484 g/mol. The number of rotatable bonds is 9. The maximum Gasteiger partial charge on any atom is 0.265 e. The third-order valence-corrected chi connectivity index (χ3v) is 7.98. The maximum atomic E-state index is 13.1. The Morgan fingerprint density at radius 3 is 2.35 bits per heavy atom. The lowest BCUT2D eigenvalue weighted by Crippen LogP contribution is -2.34. The summed E-state index contributed by atoms with van der Waals surface area (Å²) in [5.74, 6) is 0.0794. The van der Waals surface area contributed by atoms with E-state index >= 15 is 0 Å². The van der Waals surface area contributed by atoms with Crippen LogP contribution in [0.5, 0.6) is 5.75 Å². The highest BCUT2D eigenvalue weighted by molar-refractivity contribution is 7.89. The van der Waals surface area contributed by atoms with Crippen LogP contribution in [0, 0.1) is 11.3 Å². The van der Waals surface area contributed by atoms with Gasteiger partial charge in [0.05, 0.1) is 27.9 Å². The summed E-state index contributed by atoms with van der Waals surface area (Å²) in [4.78, 5) is 15.3. The Hall–Kier alpha value is -3.09. The molecule has 0 spiro atoms. The Bertz CT molecular complexity index is 1130. The molecule has 2 aromatic rings. The molecule has 0 aliphatic carbocycles. The van der Waals surface area contributed by atoms with E-state index < -0.39 is 16.1 Å². The van der Waals surface area contributed by atoms with E-state index in [0.29, 0.717) is 30.1 Å². The Kier molecular flexibility index (Phi) is 8.53. The molecule has 0 unspecified atom stereocenters. The lowest BCUT2D eigenvalue weighted by atomic mass is 10.1. The van der Waals surface area contributed by atoms with E-state index in [1.54, 1.807) is 63.2 Å². The minimum absolute atomic E-state index is 0.146. The minimum atomic E-state index is -3.68. The molecule has 1 amide bonds. The SMILES string of the molecule is CCN(CC)S(=O)(=O)c1ccc(N2CCCCC2)c(NC(=O)[C@@H](C)Oc2ccc(C#N)cc2)c1. The fourth-order valence-electron chi connectivity index (χ4n) is 4.00. The number of hydrogen-bond donors (Lipinski definition) is 1. The molecular weight excluding hydrogens is 452 g/mol. The second-order valence-corrected chi connectivity index (χ2v) is 10.1. The molecule has 3 rings (SSSR count). The summed E-state index contributed by atoms with van der Waals surface area (Å²) in [6.45, 7) is 7.66. The molecule has 1 fully saturated rings. The highest BCUT2D eigenvalue weighted by atomic mass is 32.2. The molecule has 0 aromatic heterocycles. The highest BCUT2D eigenvalue weighted by Crippen LogP contribution is 2.32. The number of nitrogens with one attached hydrogen (secondary N) is 1. The molecular formula is C25H32N4O4S. The minimum Gasteiger partial charge on any atom is -0.481 e. The summed E-state index contributed by atoms with van der Waals surface area (Å²) < 4.78 is 33.3. The number of sulfonamides is 1. The molecule has 0 saturated carbocycles. The first kappa shape index (κ1) is 25.5. The Labute approximate surface area is 202 Å². The van der Waals surface area contributed by atoms with E-state index in [9.17, 15) is 13.2 Å². The van der Waals surface area contributed by atoms with Crippen molar-refractivity contribution >= 4 is 27.3 Å². The molecule has 8 nitrogen and oxygen atoms in total. The van der Waals surface area contributed by atoms with Gasteiger partial charge in [0.25, 0.3) is 5.91 Å². The lowest BCUT2D eigenvalue weighted by molar-refractivity contribution is -0.122. The highest BCUT2D eigenvalue weighted by Gasteiger charge is 2.25. The first-order chi connectivity index (χ1) is 16.3. The van der Waals surface area contributed by atoms with Gasteiger partial charge in [-0.15, -0.1) is 0 Å². The van der Waals surface area contributed by atoms with Crippen LogP contribution in [-0.4, -0.2) is 50.9 Å². The van der Waals surface area contributed by atoms with Crippen LogP contribution in [0.15, 0.2) is 47.4 Å². The van der Waals surface area contributed by atoms with Crippen LogP contribution in [0.25, 0.3) is 0 Å². The molecule has 182 valence electrons. The molecule has 0 radical (unpaired) electrons. The number of benzene rings is 2. The van der Waals surface area contributed by atoms with Gasteiger partial charge >= 0.3 is 0 Å². The van der Waals surface area contributed by atoms with Crippen molar-refractivity contribution in [2.75, 3.05) is 36.4 Å². The first-order valence-electron chi connectivity index (χ1n) is 11.7. The molecule has 0 bridgehead atoms. The van der Waals surface area contributed by atoms with Crippen molar-refractivity contribution in [3.63, 3.8) is 0 Å². The van der Waals surface area contributed by atoms with Crippen molar-refractivity contribution in [1.29, 1.82) is 5.26 Å². The predicted molar refractivity (Wildman–Crippen MR) is 132 cm³/mol. The van der Waals surface area contributed by atoms with Crippen LogP contribution in [0.4, 0.5) is 11.4 Å². The number of hydrogen-bond acceptors (Lipinski definition) is 6. The van der Waals surface area contributed by atoms with E-state index in [1.165, 1.54) is 4.31 Å². The van der Waals surface area contributed by atoms with Gasteiger partial charge in [-0.2, -0.15) is 9.57 Å². The fourth-order valence-corrected chi connectivity index (χ4v) is 5.48. The van der Waals surface area contributed by atoms with Gasteiger partial charge in [0, 0.05) is 26.2 Å². The standard InChI is InChI=1S/C25H32N4O4S/c1-4-29(5-2)34(31,32)22-13-14-24(28-15-7-6-8-16-28)23(17-22)27-25(30)19(3)33-21-11-9-20(18-26)10-12-21/h9-14,17,19H,4-8,15-16H2,1-3H3,(H,27,30)/t19-/m1/s1. The summed E-state index contributed by atoms with van der Waals surface area (Å²) in [5.41, 5.74) is 1.76. The number of carbonyl (C=O) groups is 1. The van der Waals surface area contributed by atoms with E-state index in [2.05, 4.69) is 10.2 Å². The molecule has 34 heavy (non-hydrogen) atoms. The number of ether oxygens (including phenoxy) is 1. The van der Waals surface area contributed by atoms with Gasteiger partial charge in [0.1, 0.15) is 5.75 Å². The summed E-state index contributed by atoms with van der Waals surface area (Å²) in [7, 11) is -3.68. The van der Waals surface area contributed by atoms with Gasteiger partial charge in [-0.05, 0) is 68.7 Å². The van der Waals surface area contributed by atoms with Gasteiger partial charge in [-0.3, -0.25) is 4.79 Å². The number of nitriles is 1. The molecule has 1 saturated heterocycles. The normalized spacial score (nSPS) is 15.0. The Balaban J connectivity index is 1.88. The van der Waals surface area contributed by atoms with Crippen LogP contribution in [0.1, 0.15) is 45.6 Å². The second kappa shape index (κ2) is 11.4. The molecule has 9 heteroatoms. The van der Waals surface area contributed by atoms with E-state index in [-0.39, 0.29) is 10.8 Å². The van der Waals surface area contributed by atoms with Gasteiger partial charge in [0.15, 0.2) is 6.10 Å². The Morgan fingerprint density at radius 2 is 1.76 bits per heavy atom. The lowest BCUT2D eigenvalue weighted by Gasteiger charge is -2.31. The first-order valence-corrected chi connectivity index (χ1v) is 13.1. The fraction of sp³-hybridized carbons (Fsp3) is 0.440. The van der Waals surface area contributed by atoms with Crippen molar-refractivity contribution in [2.45, 2.75) is 51.0 Å². The van der Waals surface area contributed by atoms with Crippen LogP contribution in [0.3, 0.4) is 0 Å². The van der Waals surface area contributed by atoms with Crippen LogP contribution < -0.4 is 15.0 Å². The van der Waals surface area contributed by atoms with Gasteiger partial charge in [-0.25, -0.2) is 8.42 Å². The number of piperidine rings is 1. The van der Waals surface area contributed by atoms with E-state index in [1.807, 2.05) is 6.07 Å². The maximum absolute atomic E-state index is 13.1. The van der Waals surface area contributed by atoms with Crippen LogP contribution >= 0.6 is 0 Å². The van der Waals surface area contributed by atoms with Gasteiger partial charge < -0.3 is 15.0 Å². The summed E-state index contributed by atoms with van der Waals surface area (Å²) in [6.07, 6.45) is 2.42. The number of carbonyl (C=O) groups excluding carboxylic acids is 1. The molecule has 1 atom stereocenters. The largest absolute Gasteiger partial charge is 0.481 e. The smallest absolute Gasteiger partial charge is 0.265 e. The molecule has 1 aliphatic heterocycles. The third-order valence-electron chi connectivity index (χ3n) is 5.93. The third kappa shape index (κ3) is 5.88. The predicted octanol–water partition coefficient (Wildman–Crippen LogP) is 3.99. The van der Waals surface area contributed by atoms with Crippen molar-refractivity contribution < 1.29 is 17.9 Å². The topological polar surface area (TPSA) is 103 Å². The Morgan fingerprint density at radius 1 is 1.12 bits per heavy atom. The quantitative estimate of drug-likeness (QED) is 0.577. The molecule has 2 aromatic carbocycles. The van der Waals surface area contributed by atoms with Crippen LogP contribution in [-0.2, 0) is 14.8 Å². The molecule has 1 heterocycles. The average Bonchev–Trinajstić information content (AvgIpc) is 2.85. The zero-order valence-electron chi connectivity index (χ0n) is 20.0.